The number of halogens is 2. The van der Waals surface area contributed by atoms with Crippen LogP contribution in [0.1, 0.15) is 37.3 Å². The molecule has 4 rings (SSSR count). The molecule has 1 unspecified atom stereocenters. The van der Waals surface area contributed by atoms with Crippen LogP contribution in [0.2, 0.25) is 10.0 Å². The van der Waals surface area contributed by atoms with E-state index in [0.29, 0.717) is 44.4 Å². The standard InChI is InChI=1S/C26H24Cl2N2O3/c1-4-15(2)17-6-10-24-23(12-17)30-26(33-24)18-5-8-21(28)22(13-18)29-25(31)14-32-19-7-9-20(27)16(3)11-19/h5-13,15H,4,14H2,1-3H3,(H,29,31). The number of carbonyl (C=O) groups is 1. The Labute approximate surface area is 202 Å². The highest BCUT2D eigenvalue weighted by atomic mass is 35.5. The van der Waals surface area contributed by atoms with Crippen molar-refractivity contribution in [1.82, 2.24) is 4.98 Å². The number of hydrogen-bond donors (Lipinski definition) is 1. The average molecular weight is 483 g/mol. The smallest absolute Gasteiger partial charge is 0.262 e. The predicted octanol–water partition coefficient (Wildman–Crippen LogP) is 7.64. The fourth-order valence-electron chi connectivity index (χ4n) is 3.41. The zero-order valence-electron chi connectivity index (χ0n) is 18.6. The summed E-state index contributed by atoms with van der Waals surface area (Å²) in [5, 5.41) is 3.84. The molecule has 1 atom stereocenters. The second-order valence-electron chi connectivity index (χ2n) is 8.00. The van der Waals surface area contributed by atoms with Crippen molar-refractivity contribution in [2.75, 3.05) is 11.9 Å². The van der Waals surface area contributed by atoms with Crippen LogP contribution in [0, 0.1) is 6.92 Å². The summed E-state index contributed by atoms with van der Waals surface area (Å²) < 4.78 is 11.5. The van der Waals surface area contributed by atoms with Crippen molar-refractivity contribution in [3.05, 3.63) is 75.8 Å². The van der Waals surface area contributed by atoms with Gasteiger partial charge in [-0.3, -0.25) is 4.79 Å². The highest BCUT2D eigenvalue weighted by Gasteiger charge is 2.14. The van der Waals surface area contributed by atoms with Crippen LogP contribution in [0.25, 0.3) is 22.6 Å². The molecule has 0 spiro atoms. The van der Waals surface area contributed by atoms with Crippen LogP contribution in [-0.4, -0.2) is 17.5 Å². The van der Waals surface area contributed by atoms with E-state index in [0.717, 1.165) is 17.5 Å². The number of aromatic nitrogens is 1. The van der Waals surface area contributed by atoms with E-state index in [1.165, 1.54) is 5.56 Å². The van der Waals surface area contributed by atoms with E-state index in [9.17, 15) is 4.79 Å². The third kappa shape index (κ3) is 5.32. The van der Waals surface area contributed by atoms with Gasteiger partial charge in [0.2, 0.25) is 5.89 Å². The first-order chi connectivity index (χ1) is 15.8. The number of amides is 1. The molecule has 1 heterocycles. The summed E-state index contributed by atoms with van der Waals surface area (Å²) in [6, 6.07) is 16.6. The molecule has 33 heavy (non-hydrogen) atoms. The van der Waals surface area contributed by atoms with Gasteiger partial charge in [0.1, 0.15) is 11.3 Å². The van der Waals surface area contributed by atoms with Crippen LogP contribution in [0.5, 0.6) is 5.75 Å². The van der Waals surface area contributed by atoms with Gasteiger partial charge in [0.15, 0.2) is 12.2 Å². The molecule has 7 heteroatoms. The number of aryl methyl sites for hydroxylation is 1. The Morgan fingerprint density at radius 1 is 1.09 bits per heavy atom. The summed E-state index contributed by atoms with van der Waals surface area (Å²) in [6.45, 7) is 6.06. The van der Waals surface area contributed by atoms with Crippen molar-refractivity contribution in [2.45, 2.75) is 33.1 Å². The van der Waals surface area contributed by atoms with E-state index < -0.39 is 0 Å². The van der Waals surface area contributed by atoms with Crippen molar-refractivity contribution >= 4 is 45.9 Å². The van der Waals surface area contributed by atoms with E-state index in [-0.39, 0.29) is 12.5 Å². The largest absolute Gasteiger partial charge is 0.484 e. The van der Waals surface area contributed by atoms with Crippen LogP contribution in [0.15, 0.2) is 59.0 Å². The molecule has 1 aromatic heterocycles. The number of nitrogens with zero attached hydrogens (tertiary/aromatic N) is 1. The lowest BCUT2D eigenvalue weighted by Crippen LogP contribution is -2.20. The van der Waals surface area contributed by atoms with E-state index >= 15 is 0 Å². The molecule has 0 saturated carbocycles. The molecule has 0 fully saturated rings. The van der Waals surface area contributed by atoms with Crippen molar-refractivity contribution in [3.8, 4) is 17.2 Å². The van der Waals surface area contributed by atoms with Gasteiger partial charge < -0.3 is 14.5 Å². The predicted molar refractivity (Wildman–Crippen MR) is 133 cm³/mol. The fourth-order valence-corrected chi connectivity index (χ4v) is 3.69. The monoisotopic (exact) mass is 482 g/mol. The molecular formula is C26H24Cl2N2O3. The van der Waals surface area contributed by atoms with Gasteiger partial charge in [-0.15, -0.1) is 0 Å². The quantitative estimate of drug-likeness (QED) is 0.293. The highest BCUT2D eigenvalue weighted by Crippen LogP contribution is 2.32. The lowest BCUT2D eigenvalue weighted by molar-refractivity contribution is -0.118. The molecule has 5 nitrogen and oxygen atoms in total. The first-order valence-electron chi connectivity index (χ1n) is 10.7. The Kier molecular flexibility index (Phi) is 6.91. The summed E-state index contributed by atoms with van der Waals surface area (Å²) in [5.41, 5.74) is 4.78. The molecule has 0 aliphatic heterocycles. The maximum atomic E-state index is 12.4. The Balaban J connectivity index is 1.50. The number of benzene rings is 3. The van der Waals surface area contributed by atoms with Crippen LogP contribution >= 0.6 is 23.2 Å². The molecule has 170 valence electrons. The van der Waals surface area contributed by atoms with Crippen LogP contribution in [0.3, 0.4) is 0 Å². The Morgan fingerprint density at radius 3 is 2.64 bits per heavy atom. The molecule has 0 bridgehead atoms. The van der Waals surface area contributed by atoms with Crippen LogP contribution < -0.4 is 10.1 Å². The summed E-state index contributed by atoms with van der Waals surface area (Å²) in [4.78, 5) is 17.1. The SMILES string of the molecule is CCC(C)c1ccc2oc(-c3ccc(Cl)c(NC(=O)COc4ccc(Cl)c(C)c4)c3)nc2c1. The number of ether oxygens (including phenoxy) is 1. The number of oxazole rings is 1. The molecular weight excluding hydrogens is 459 g/mol. The number of rotatable bonds is 7. The van der Waals surface area contributed by atoms with Crippen molar-refractivity contribution < 1.29 is 13.9 Å². The molecule has 3 aromatic carbocycles. The fraction of sp³-hybridized carbons (Fsp3) is 0.231. The van der Waals surface area contributed by atoms with Gasteiger partial charge in [0.05, 0.1) is 10.7 Å². The lowest BCUT2D eigenvalue weighted by Gasteiger charge is -2.10. The Morgan fingerprint density at radius 2 is 1.88 bits per heavy atom. The summed E-state index contributed by atoms with van der Waals surface area (Å²) in [6.07, 6.45) is 1.05. The molecule has 1 amide bonds. The molecule has 1 N–H and O–H groups in total. The van der Waals surface area contributed by atoms with Gasteiger partial charge in [0.25, 0.3) is 5.91 Å². The number of hydrogen-bond acceptors (Lipinski definition) is 4. The number of fused-ring (bicyclic) bond motifs is 1. The summed E-state index contributed by atoms with van der Waals surface area (Å²) in [7, 11) is 0. The van der Waals surface area contributed by atoms with Crippen LogP contribution in [0.4, 0.5) is 5.69 Å². The molecule has 0 aliphatic carbocycles. The maximum absolute atomic E-state index is 12.4. The van der Waals surface area contributed by atoms with Gasteiger partial charge in [-0.05, 0) is 78.9 Å². The van der Waals surface area contributed by atoms with E-state index in [1.54, 1.807) is 30.3 Å². The van der Waals surface area contributed by atoms with Crippen LogP contribution in [-0.2, 0) is 4.79 Å². The number of anilines is 1. The van der Waals surface area contributed by atoms with Crippen molar-refractivity contribution in [3.63, 3.8) is 0 Å². The van der Waals surface area contributed by atoms with Gasteiger partial charge in [-0.1, -0.05) is 43.1 Å². The third-order valence-electron chi connectivity index (χ3n) is 5.58. The summed E-state index contributed by atoms with van der Waals surface area (Å²) >= 11 is 12.3. The number of carbonyl (C=O) groups excluding carboxylic acids is 1. The van der Waals surface area contributed by atoms with Gasteiger partial charge in [-0.25, -0.2) is 4.98 Å². The van der Waals surface area contributed by atoms with E-state index in [4.69, 9.17) is 32.4 Å². The highest BCUT2D eigenvalue weighted by molar-refractivity contribution is 6.33. The zero-order valence-corrected chi connectivity index (χ0v) is 20.1. The van der Waals surface area contributed by atoms with E-state index in [1.807, 2.05) is 19.1 Å². The first-order valence-corrected chi connectivity index (χ1v) is 11.5. The second-order valence-corrected chi connectivity index (χ2v) is 8.81. The minimum absolute atomic E-state index is 0.164. The Bertz CT molecular complexity index is 1320. The second kappa shape index (κ2) is 9.86. The molecule has 0 radical (unpaired) electrons. The topological polar surface area (TPSA) is 64.4 Å². The minimum Gasteiger partial charge on any atom is -0.484 e. The van der Waals surface area contributed by atoms with Crippen molar-refractivity contribution in [2.24, 2.45) is 0 Å². The Hall–Kier alpha value is -3.02. The average Bonchev–Trinajstić information content (AvgIpc) is 3.24. The maximum Gasteiger partial charge on any atom is 0.262 e. The molecule has 4 aromatic rings. The van der Waals surface area contributed by atoms with Gasteiger partial charge in [-0.2, -0.15) is 0 Å². The summed E-state index contributed by atoms with van der Waals surface area (Å²) in [5.74, 6) is 1.14. The zero-order chi connectivity index (χ0) is 23.5. The van der Waals surface area contributed by atoms with Crippen molar-refractivity contribution in [1.29, 1.82) is 0 Å². The lowest BCUT2D eigenvalue weighted by atomic mass is 9.98. The number of nitrogens with one attached hydrogen (secondary N) is 1. The van der Waals surface area contributed by atoms with E-state index in [2.05, 4.69) is 36.3 Å². The van der Waals surface area contributed by atoms with Gasteiger partial charge in [0, 0.05) is 10.6 Å². The van der Waals surface area contributed by atoms with Gasteiger partial charge >= 0.3 is 0 Å². The first kappa shape index (κ1) is 23.1. The molecule has 0 aliphatic rings. The minimum atomic E-state index is -0.336. The molecule has 0 saturated heterocycles. The normalized spacial score (nSPS) is 12.0. The third-order valence-corrected chi connectivity index (χ3v) is 6.33.